The summed E-state index contributed by atoms with van der Waals surface area (Å²) < 4.78 is 13.4. The average molecular weight is 276 g/mol. The molecule has 96 valence electrons. The van der Waals surface area contributed by atoms with Gasteiger partial charge in [0.1, 0.15) is 5.82 Å². The van der Waals surface area contributed by atoms with Gasteiger partial charge in [0.25, 0.3) is 0 Å². The third-order valence-corrected chi connectivity index (χ3v) is 3.53. The molecule has 0 saturated carbocycles. The molecule has 0 spiro atoms. The van der Waals surface area contributed by atoms with Crippen LogP contribution in [0.25, 0.3) is 0 Å². The Kier molecular flexibility index (Phi) is 2.99. The van der Waals surface area contributed by atoms with Crippen LogP contribution < -0.4 is 5.32 Å². The summed E-state index contributed by atoms with van der Waals surface area (Å²) in [5.41, 5.74) is 2.57. The third kappa shape index (κ3) is 2.34. The molecule has 0 aromatic heterocycles. The van der Waals surface area contributed by atoms with Crippen molar-refractivity contribution in [1.29, 1.82) is 0 Å². The minimum absolute atomic E-state index is 0.0564. The molecule has 1 atom stereocenters. The molecule has 1 heterocycles. The van der Waals surface area contributed by atoms with Crippen molar-refractivity contribution in [3.63, 3.8) is 0 Å². The van der Waals surface area contributed by atoms with E-state index in [1.54, 1.807) is 18.2 Å². The van der Waals surface area contributed by atoms with Crippen LogP contribution in [-0.4, -0.2) is 5.91 Å². The number of carbonyl (C=O) groups excluding carboxylic acids is 1. The fourth-order valence-corrected chi connectivity index (χ4v) is 2.50. The van der Waals surface area contributed by atoms with Crippen molar-refractivity contribution in [3.8, 4) is 0 Å². The van der Waals surface area contributed by atoms with E-state index in [0.29, 0.717) is 11.4 Å². The number of halogens is 2. The normalized spacial score (nSPS) is 17.8. The molecule has 0 radical (unpaired) electrons. The summed E-state index contributed by atoms with van der Waals surface area (Å²) in [4.78, 5) is 11.7. The Morgan fingerprint density at radius 2 is 1.89 bits per heavy atom. The predicted octanol–water partition coefficient (Wildman–Crippen LogP) is 3.24. The second kappa shape index (κ2) is 4.67. The zero-order chi connectivity index (χ0) is 13.4. The van der Waals surface area contributed by atoms with E-state index >= 15 is 0 Å². The number of amides is 1. The topological polar surface area (TPSA) is 29.1 Å². The molecular weight excluding hydrogens is 265 g/mol. The van der Waals surface area contributed by atoms with Crippen LogP contribution in [-0.2, 0) is 11.2 Å². The van der Waals surface area contributed by atoms with E-state index in [1.165, 1.54) is 12.1 Å². The first-order chi connectivity index (χ1) is 9.13. The van der Waals surface area contributed by atoms with Gasteiger partial charge in [0.2, 0.25) is 5.91 Å². The molecule has 0 bridgehead atoms. The van der Waals surface area contributed by atoms with Crippen LogP contribution in [0.1, 0.15) is 22.7 Å². The highest BCUT2D eigenvalue weighted by Crippen LogP contribution is 2.30. The molecule has 1 unspecified atom stereocenters. The van der Waals surface area contributed by atoms with Crippen molar-refractivity contribution in [1.82, 2.24) is 5.32 Å². The van der Waals surface area contributed by atoms with Crippen LogP contribution in [0.2, 0.25) is 5.02 Å². The van der Waals surface area contributed by atoms with Crippen LogP contribution in [0.5, 0.6) is 0 Å². The summed E-state index contributed by atoms with van der Waals surface area (Å²) in [5.74, 6) is -0.354. The van der Waals surface area contributed by atoms with Crippen LogP contribution in [0.15, 0.2) is 42.5 Å². The molecule has 0 fully saturated rings. The molecule has 1 amide bonds. The van der Waals surface area contributed by atoms with E-state index in [1.807, 2.05) is 12.1 Å². The minimum Gasteiger partial charge on any atom is -0.345 e. The number of benzene rings is 2. The van der Waals surface area contributed by atoms with Crippen molar-refractivity contribution >= 4 is 17.5 Å². The van der Waals surface area contributed by atoms with Gasteiger partial charge in [-0.25, -0.2) is 4.39 Å². The van der Waals surface area contributed by atoms with Crippen molar-refractivity contribution in [2.45, 2.75) is 12.5 Å². The number of carbonyl (C=O) groups is 1. The van der Waals surface area contributed by atoms with Crippen LogP contribution in [0, 0.1) is 5.82 Å². The Labute approximate surface area is 115 Å². The standard InChI is InChI=1S/C15H11ClFNO/c16-11-4-1-9(2-5-11)15-13-8-12(17)6-3-10(13)7-14(19)18-15/h1-6,8,15H,7H2,(H,18,19). The SMILES string of the molecule is O=C1Cc2ccc(F)cc2C(c2ccc(Cl)cc2)N1. The van der Waals surface area contributed by atoms with E-state index < -0.39 is 0 Å². The zero-order valence-electron chi connectivity index (χ0n) is 9.99. The maximum Gasteiger partial charge on any atom is 0.225 e. The Hall–Kier alpha value is -1.87. The monoisotopic (exact) mass is 275 g/mol. The fourth-order valence-electron chi connectivity index (χ4n) is 2.38. The van der Waals surface area contributed by atoms with E-state index in [-0.39, 0.29) is 17.8 Å². The first-order valence-electron chi connectivity index (χ1n) is 5.96. The van der Waals surface area contributed by atoms with Gasteiger partial charge >= 0.3 is 0 Å². The van der Waals surface area contributed by atoms with Gasteiger partial charge < -0.3 is 5.32 Å². The van der Waals surface area contributed by atoms with Crippen molar-refractivity contribution in [3.05, 3.63) is 70.0 Å². The van der Waals surface area contributed by atoms with Gasteiger partial charge in [-0.15, -0.1) is 0 Å². The maximum atomic E-state index is 13.4. The highest BCUT2D eigenvalue weighted by Gasteiger charge is 2.25. The third-order valence-electron chi connectivity index (χ3n) is 3.28. The van der Waals surface area contributed by atoms with Crippen LogP contribution >= 0.6 is 11.6 Å². The molecule has 1 aliphatic rings. The molecule has 2 nitrogen and oxygen atoms in total. The average Bonchev–Trinajstić information content (AvgIpc) is 2.39. The van der Waals surface area contributed by atoms with Gasteiger partial charge in [0.05, 0.1) is 12.5 Å². The van der Waals surface area contributed by atoms with Gasteiger partial charge in [0.15, 0.2) is 0 Å². The number of hydrogen-bond acceptors (Lipinski definition) is 1. The van der Waals surface area contributed by atoms with E-state index in [0.717, 1.165) is 16.7 Å². The lowest BCUT2D eigenvalue weighted by molar-refractivity contribution is -0.121. The Balaban J connectivity index is 2.09. The highest BCUT2D eigenvalue weighted by atomic mass is 35.5. The lowest BCUT2D eigenvalue weighted by atomic mass is 9.89. The number of nitrogens with one attached hydrogen (secondary N) is 1. The Morgan fingerprint density at radius 3 is 2.63 bits per heavy atom. The van der Waals surface area contributed by atoms with Gasteiger partial charge in [-0.2, -0.15) is 0 Å². The summed E-state index contributed by atoms with van der Waals surface area (Å²) in [6, 6.07) is 11.4. The van der Waals surface area contributed by atoms with E-state index in [4.69, 9.17) is 11.6 Å². The van der Waals surface area contributed by atoms with Gasteiger partial charge in [0, 0.05) is 5.02 Å². The second-order valence-electron chi connectivity index (χ2n) is 4.57. The molecule has 4 heteroatoms. The first kappa shape index (κ1) is 12.2. The molecule has 19 heavy (non-hydrogen) atoms. The minimum atomic E-state index is -0.316. The summed E-state index contributed by atoms with van der Waals surface area (Å²) in [7, 11) is 0. The fraction of sp³-hybridized carbons (Fsp3) is 0.133. The highest BCUT2D eigenvalue weighted by molar-refractivity contribution is 6.30. The van der Waals surface area contributed by atoms with Crippen molar-refractivity contribution in [2.24, 2.45) is 0 Å². The molecular formula is C15H11ClFNO. The largest absolute Gasteiger partial charge is 0.345 e. The summed E-state index contributed by atoms with van der Waals surface area (Å²) in [6.45, 7) is 0. The molecule has 0 aliphatic carbocycles. The Bertz CT molecular complexity index is 639. The van der Waals surface area contributed by atoms with Gasteiger partial charge in [-0.1, -0.05) is 29.8 Å². The molecule has 3 rings (SSSR count). The number of hydrogen-bond donors (Lipinski definition) is 1. The molecule has 1 aliphatic heterocycles. The number of rotatable bonds is 1. The maximum absolute atomic E-state index is 13.4. The van der Waals surface area contributed by atoms with E-state index in [2.05, 4.69) is 5.32 Å². The smallest absolute Gasteiger partial charge is 0.225 e. The van der Waals surface area contributed by atoms with Gasteiger partial charge in [-0.3, -0.25) is 4.79 Å². The quantitative estimate of drug-likeness (QED) is 0.850. The lowest BCUT2D eigenvalue weighted by Crippen LogP contribution is -2.35. The zero-order valence-corrected chi connectivity index (χ0v) is 10.7. The van der Waals surface area contributed by atoms with Gasteiger partial charge in [-0.05, 0) is 41.0 Å². The van der Waals surface area contributed by atoms with E-state index in [9.17, 15) is 9.18 Å². The summed E-state index contributed by atoms with van der Waals surface area (Å²) in [5, 5.41) is 3.52. The van der Waals surface area contributed by atoms with Crippen molar-refractivity contribution in [2.75, 3.05) is 0 Å². The van der Waals surface area contributed by atoms with Crippen LogP contribution in [0.3, 0.4) is 0 Å². The van der Waals surface area contributed by atoms with Crippen molar-refractivity contribution < 1.29 is 9.18 Å². The Morgan fingerprint density at radius 1 is 1.16 bits per heavy atom. The summed E-state index contributed by atoms with van der Waals surface area (Å²) >= 11 is 5.86. The molecule has 2 aromatic carbocycles. The lowest BCUT2D eigenvalue weighted by Gasteiger charge is -2.27. The predicted molar refractivity (Wildman–Crippen MR) is 71.5 cm³/mol. The molecule has 1 N–H and O–H groups in total. The van der Waals surface area contributed by atoms with Crippen LogP contribution in [0.4, 0.5) is 4.39 Å². The molecule has 0 saturated heterocycles. The summed E-state index contributed by atoms with van der Waals surface area (Å²) in [6.07, 6.45) is 0.291. The first-order valence-corrected chi connectivity index (χ1v) is 6.34. The molecule has 2 aromatic rings. The number of fused-ring (bicyclic) bond motifs is 1. The second-order valence-corrected chi connectivity index (χ2v) is 5.01.